The van der Waals surface area contributed by atoms with Crippen molar-refractivity contribution in [3.63, 3.8) is 0 Å². The van der Waals surface area contributed by atoms with Gasteiger partial charge in [0, 0.05) is 13.5 Å². The van der Waals surface area contributed by atoms with E-state index in [1.807, 2.05) is 0 Å². The van der Waals surface area contributed by atoms with E-state index in [1.54, 1.807) is 58.2 Å². The summed E-state index contributed by atoms with van der Waals surface area (Å²) in [4.78, 5) is 38.2. The molecule has 0 spiro atoms. The molecule has 0 radical (unpaired) electrons. The van der Waals surface area contributed by atoms with Gasteiger partial charge in [-0.3, -0.25) is 14.4 Å². The number of carbonyl (C=O) groups excluding carboxylic acids is 3. The SMILES string of the molecule is C=CCN(C(C)=O)C(C(=O)NCC(=O)OC(C)(C)C)c1ccc(OC)cc1. The first kappa shape index (κ1) is 22.2. The minimum Gasteiger partial charge on any atom is -0.497 e. The maximum atomic E-state index is 12.8. The predicted molar refractivity (Wildman–Crippen MR) is 102 cm³/mol. The van der Waals surface area contributed by atoms with E-state index in [0.29, 0.717) is 11.3 Å². The van der Waals surface area contributed by atoms with Crippen molar-refractivity contribution >= 4 is 17.8 Å². The molecule has 0 aliphatic heterocycles. The summed E-state index contributed by atoms with van der Waals surface area (Å²) < 4.78 is 10.3. The van der Waals surface area contributed by atoms with Gasteiger partial charge < -0.3 is 19.7 Å². The number of methoxy groups -OCH3 is 1. The van der Waals surface area contributed by atoms with E-state index in [0.717, 1.165) is 0 Å². The van der Waals surface area contributed by atoms with Gasteiger partial charge in [0.15, 0.2) is 0 Å². The van der Waals surface area contributed by atoms with Gasteiger partial charge in [0.2, 0.25) is 11.8 Å². The lowest BCUT2D eigenvalue weighted by Crippen LogP contribution is -2.45. The lowest BCUT2D eigenvalue weighted by atomic mass is 10.0. The Morgan fingerprint density at radius 1 is 1.22 bits per heavy atom. The zero-order chi connectivity index (χ0) is 20.6. The van der Waals surface area contributed by atoms with E-state index in [1.165, 1.54) is 11.8 Å². The van der Waals surface area contributed by atoms with Crippen LogP contribution in [0.1, 0.15) is 39.3 Å². The van der Waals surface area contributed by atoms with Crippen LogP contribution in [0.4, 0.5) is 0 Å². The van der Waals surface area contributed by atoms with E-state index in [2.05, 4.69) is 11.9 Å². The van der Waals surface area contributed by atoms with Crippen LogP contribution >= 0.6 is 0 Å². The van der Waals surface area contributed by atoms with Crippen molar-refractivity contribution in [2.75, 3.05) is 20.2 Å². The van der Waals surface area contributed by atoms with Crippen LogP contribution < -0.4 is 10.1 Å². The van der Waals surface area contributed by atoms with Crippen LogP contribution in [0.3, 0.4) is 0 Å². The number of rotatable bonds is 8. The zero-order valence-electron chi connectivity index (χ0n) is 16.6. The second-order valence-corrected chi connectivity index (χ2v) is 6.94. The number of esters is 1. The van der Waals surface area contributed by atoms with Gasteiger partial charge in [-0.25, -0.2) is 0 Å². The summed E-state index contributed by atoms with van der Waals surface area (Å²) in [5, 5.41) is 2.55. The molecule has 27 heavy (non-hydrogen) atoms. The number of carbonyl (C=O) groups is 3. The minimum absolute atomic E-state index is 0.186. The number of ether oxygens (including phenoxy) is 2. The second kappa shape index (κ2) is 9.75. The molecule has 0 saturated carbocycles. The number of benzene rings is 1. The van der Waals surface area contributed by atoms with Gasteiger partial charge in [0.25, 0.3) is 0 Å². The molecule has 0 aliphatic carbocycles. The van der Waals surface area contributed by atoms with Gasteiger partial charge >= 0.3 is 5.97 Å². The highest BCUT2D eigenvalue weighted by atomic mass is 16.6. The molecular formula is C20H28N2O5. The van der Waals surface area contributed by atoms with Crippen LogP contribution in [0.25, 0.3) is 0 Å². The Kier molecular flexibility index (Phi) is 8.02. The number of hydrogen-bond acceptors (Lipinski definition) is 5. The summed E-state index contributed by atoms with van der Waals surface area (Å²) in [6.07, 6.45) is 1.54. The average molecular weight is 376 g/mol. The molecular weight excluding hydrogens is 348 g/mol. The maximum Gasteiger partial charge on any atom is 0.325 e. The Bertz CT molecular complexity index is 677. The molecule has 0 aromatic heterocycles. The molecule has 0 bridgehead atoms. The molecule has 0 saturated heterocycles. The normalized spacial score (nSPS) is 11.9. The lowest BCUT2D eigenvalue weighted by molar-refractivity contribution is -0.154. The minimum atomic E-state index is -0.908. The van der Waals surface area contributed by atoms with Gasteiger partial charge in [0.1, 0.15) is 23.9 Å². The highest BCUT2D eigenvalue weighted by Gasteiger charge is 2.29. The number of nitrogens with one attached hydrogen (secondary N) is 1. The maximum absolute atomic E-state index is 12.8. The Hall–Kier alpha value is -2.83. The Balaban J connectivity index is 3.04. The highest BCUT2D eigenvalue weighted by molar-refractivity contribution is 5.90. The quantitative estimate of drug-likeness (QED) is 0.555. The number of hydrogen-bond donors (Lipinski definition) is 1. The monoisotopic (exact) mass is 376 g/mol. The summed E-state index contributed by atoms with van der Waals surface area (Å²) in [7, 11) is 1.54. The fraction of sp³-hybridized carbons (Fsp3) is 0.450. The average Bonchev–Trinajstić information content (AvgIpc) is 2.58. The van der Waals surface area contributed by atoms with Crippen LogP contribution in [-0.2, 0) is 19.1 Å². The third-order valence-corrected chi connectivity index (χ3v) is 3.55. The van der Waals surface area contributed by atoms with Crippen LogP contribution in [0, 0.1) is 0 Å². The Labute approximate surface area is 160 Å². The first-order valence-electron chi connectivity index (χ1n) is 8.60. The summed E-state index contributed by atoms with van der Waals surface area (Å²) >= 11 is 0. The van der Waals surface area contributed by atoms with E-state index in [4.69, 9.17) is 9.47 Å². The molecule has 0 aliphatic rings. The Morgan fingerprint density at radius 2 is 1.81 bits per heavy atom. The highest BCUT2D eigenvalue weighted by Crippen LogP contribution is 2.24. The molecule has 1 unspecified atom stereocenters. The van der Waals surface area contributed by atoms with Gasteiger partial charge in [-0.05, 0) is 38.5 Å². The van der Waals surface area contributed by atoms with Crippen molar-refractivity contribution < 1.29 is 23.9 Å². The van der Waals surface area contributed by atoms with Crippen molar-refractivity contribution in [2.45, 2.75) is 39.3 Å². The molecule has 2 amide bonds. The van der Waals surface area contributed by atoms with E-state index >= 15 is 0 Å². The fourth-order valence-corrected chi connectivity index (χ4v) is 2.45. The van der Waals surface area contributed by atoms with Crippen molar-refractivity contribution in [3.05, 3.63) is 42.5 Å². The molecule has 1 rings (SSSR count). The number of nitrogens with zero attached hydrogens (tertiary/aromatic N) is 1. The predicted octanol–water partition coefficient (Wildman–Crippen LogP) is 2.23. The second-order valence-electron chi connectivity index (χ2n) is 6.94. The van der Waals surface area contributed by atoms with E-state index in [-0.39, 0.29) is 19.0 Å². The zero-order valence-corrected chi connectivity index (χ0v) is 16.6. The van der Waals surface area contributed by atoms with Gasteiger partial charge in [-0.1, -0.05) is 18.2 Å². The number of amides is 2. The third-order valence-electron chi connectivity index (χ3n) is 3.55. The summed E-state index contributed by atoms with van der Waals surface area (Å²) in [6.45, 7) is 10.1. The smallest absolute Gasteiger partial charge is 0.325 e. The molecule has 1 atom stereocenters. The first-order valence-corrected chi connectivity index (χ1v) is 8.60. The Morgan fingerprint density at radius 3 is 2.26 bits per heavy atom. The van der Waals surface area contributed by atoms with Gasteiger partial charge in [-0.15, -0.1) is 6.58 Å². The van der Waals surface area contributed by atoms with Crippen LogP contribution in [0.15, 0.2) is 36.9 Å². The topological polar surface area (TPSA) is 84.9 Å². The largest absolute Gasteiger partial charge is 0.497 e. The lowest BCUT2D eigenvalue weighted by Gasteiger charge is -2.29. The first-order chi connectivity index (χ1) is 12.6. The van der Waals surface area contributed by atoms with Crippen LogP contribution in [0.5, 0.6) is 5.75 Å². The van der Waals surface area contributed by atoms with E-state index < -0.39 is 23.5 Å². The van der Waals surface area contributed by atoms with Gasteiger partial charge in [0.05, 0.1) is 7.11 Å². The fourth-order valence-electron chi connectivity index (χ4n) is 2.45. The molecule has 0 heterocycles. The molecule has 148 valence electrons. The molecule has 0 fully saturated rings. The summed E-state index contributed by atoms with van der Waals surface area (Å²) in [6, 6.07) is 5.91. The van der Waals surface area contributed by atoms with Crippen molar-refractivity contribution in [1.82, 2.24) is 10.2 Å². The molecule has 1 aromatic carbocycles. The molecule has 7 heteroatoms. The summed E-state index contributed by atoms with van der Waals surface area (Å²) in [5.41, 5.74) is -0.0552. The van der Waals surface area contributed by atoms with Crippen LogP contribution in [0.2, 0.25) is 0 Å². The molecule has 1 aromatic rings. The standard InChI is InChI=1S/C20H28N2O5/c1-7-12-22(14(2)23)18(15-8-10-16(26-6)11-9-15)19(25)21-13-17(24)27-20(3,4)5/h7-11,18H,1,12-13H2,2-6H3,(H,21,25). The van der Waals surface area contributed by atoms with E-state index in [9.17, 15) is 14.4 Å². The van der Waals surface area contributed by atoms with Crippen molar-refractivity contribution in [2.24, 2.45) is 0 Å². The summed E-state index contributed by atoms with van der Waals surface area (Å²) in [5.74, 6) is -0.696. The molecule has 1 N–H and O–H groups in total. The van der Waals surface area contributed by atoms with Crippen LogP contribution in [-0.4, -0.2) is 48.5 Å². The van der Waals surface area contributed by atoms with Crippen molar-refractivity contribution in [1.29, 1.82) is 0 Å². The molecule has 7 nitrogen and oxygen atoms in total. The van der Waals surface area contributed by atoms with Gasteiger partial charge in [-0.2, -0.15) is 0 Å². The third kappa shape index (κ3) is 7.13. The van der Waals surface area contributed by atoms with Crippen molar-refractivity contribution in [3.8, 4) is 5.75 Å².